The molecule has 1 aliphatic heterocycles. The van der Waals surface area contributed by atoms with Gasteiger partial charge in [-0.3, -0.25) is 4.90 Å². The highest BCUT2D eigenvalue weighted by Gasteiger charge is 2.24. The number of anilines is 1. The van der Waals surface area contributed by atoms with E-state index in [2.05, 4.69) is 28.6 Å². The van der Waals surface area contributed by atoms with Crippen LogP contribution in [0.15, 0.2) is 24.3 Å². The van der Waals surface area contributed by atoms with Crippen LogP contribution in [-0.2, 0) is 12.8 Å². The summed E-state index contributed by atoms with van der Waals surface area (Å²) < 4.78 is 13.3. The molecule has 0 spiro atoms. The summed E-state index contributed by atoms with van der Waals surface area (Å²) in [5.74, 6) is 1.59. The van der Waals surface area contributed by atoms with Crippen LogP contribution in [0.1, 0.15) is 55.8 Å². The van der Waals surface area contributed by atoms with Gasteiger partial charge in [0.2, 0.25) is 0 Å². The minimum absolute atomic E-state index is 0.216. The molecule has 0 aliphatic carbocycles. The highest BCUT2D eigenvalue weighted by Crippen LogP contribution is 2.26. The molecular formula is C24H35FN4O. The summed E-state index contributed by atoms with van der Waals surface area (Å²) in [7, 11) is 0. The topological polar surface area (TPSA) is 52.5 Å². The first kappa shape index (κ1) is 22.6. The number of aliphatic hydroxyl groups excluding tert-OH is 1. The van der Waals surface area contributed by atoms with E-state index in [1.807, 2.05) is 19.1 Å². The molecule has 1 aliphatic rings. The molecule has 1 saturated heterocycles. The SMILES string of the molecule is CCCC[C@H](O)CN1CCN(c2nc(C)nc(CC)c2Cc2ccc(F)cc2)CC1. The number of piperazine rings is 1. The summed E-state index contributed by atoms with van der Waals surface area (Å²) in [6.07, 6.45) is 4.38. The fourth-order valence-electron chi connectivity index (χ4n) is 4.15. The first-order valence-electron chi connectivity index (χ1n) is 11.3. The average molecular weight is 415 g/mol. The molecule has 164 valence electrons. The summed E-state index contributed by atoms with van der Waals surface area (Å²) in [6, 6.07) is 6.71. The maximum atomic E-state index is 13.3. The van der Waals surface area contributed by atoms with Gasteiger partial charge in [-0.05, 0) is 37.5 Å². The number of aromatic nitrogens is 2. The first-order valence-corrected chi connectivity index (χ1v) is 11.3. The molecule has 2 heterocycles. The molecule has 0 amide bonds. The third-order valence-corrected chi connectivity index (χ3v) is 5.84. The van der Waals surface area contributed by atoms with Crippen molar-refractivity contribution in [3.8, 4) is 0 Å². The molecule has 30 heavy (non-hydrogen) atoms. The molecule has 2 aromatic rings. The molecule has 1 aromatic heterocycles. The fraction of sp³-hybridized carbons (Fsp3) is 0.583. The van der Waals surface area contributed by atoms with E-state index in [9.17, 15) is 9.50 Å². The number of hydrogen-bond donors (Lipinski definition) is 1. The van der Waals surface area contributed by atoms with Crippen molar-refractivity contribution in [1.82, 2.24) is 14.9 Å². The normalized spacial score (nSPS) is 16.1. The molecule has 0 radical (unpaired) electrons. The van der Waals surface area contributed by atoms with Crippen LogP contribution in [-0.4, -0.2) is 58.8 Å². The van der Waals surface area contributed by atoms with Crippen LogP contribution in [0.5, 0.6) is 0 Å². The van der Waals surface area contributed by atoms with Crippen LogP contribution in [0.2, 0.25) is 0 Å². The van der Waals surface area contributed by atoms with E-state index in [1.165, 1.54) is 12.1 Å². The predicted molar refractivity (Wildman–Crippen MR) is 120 cm³/mol. The largest absolute Gasteiger partial charge is 0.392 e. The molecule has 0 unspecified atom stereocenters. The Bertz CT molecular complexity index is 804. The highest BCUT2D eigenvalue weighted by molar-refractivity contribution is 5.52. The number of aryl methyl sites for hydroxylation is 2. The number of hydrogen-bond acceptors (Lipinski definition) is 5. The second-order valence-corrected chi connectivity index (χ2v) is 8.26. The number of benzene rings is 1. The summed E-state index contributed by atoms with van der Waals surface area (Å²) in [5, 5.41) is 10.2. The molecule has 6 heteroatoms. The van der Waals surface area contributed by atoms with E-state index in [4.69, 9.17) is 4.98 Å². The van der Waals surface area contributed by atoms with Crippen LogP contribution in [0, 0.1) is 12.7 Å². The van der Waals surface area contributed by atoms with Crippen molar-refractivity contribution in [2.45, 2.75) is 59.0 Å². The standard InChI is InChI=1S/C24H35FN4O/c1-4-6-7-21(30)17-28-12-14-29(15-13-28)24-22(23(5-2)26-18(3)27-24)16-19-8-10-20(25)11-9-19/h8-11,21,30H,4-7,12-17H2,1-3H3/t21-/m0/s1. The third-order valence-electron chi connectivity index (χ3n) is 5.84. The number of β-amino-alcohol motifs (C(OH)–C–C–N with tert-alkyl or cyclic N) is 1. The van der Waals surface area contributed by atoms with Gasteiger partial charge in [0.25, 0.3) is 0 Å². The Morgan fingerprint density at radius 1 is 1.07 bits per heavy atom. The molecule has 1 aromatic carbocycles. The van der Waals surface area contributed by atoms with Gasteiger partial charge in [-0.15, -0.1) is 0 Å². The zero-order chi connectivity index (χ0) is 21.5. The quantitative estimate of drug-likeness (QED) is 0.677. The lowest BCUT2D eigenvalue weighted by atomic mass is 10.0. The number of unbranched alkanes of at least 4 members (excludes halogenated alkanes) is 1. The molecule has 3 rings (SSSR count). The minimum Gasteiger partial charge on any atom is -0.392 e. The Hall–Kier alpha value is -2.05. The van der Waals surface area contributed by atoms with Gasteiger partial charge in [-0.25, -0.2) is 14.4 Å². The van der Waals surface area contributed by atoms with Crippen LogP contribution in [0.25, 0.3) is 0 Å². The Kier molecular flexibility index (Phi) is 8.16. The van der Waals surface area contributed by atoms with Crippen molar-refractivity contribution in [2.75, 3.05) is 37.6 Å². The summed E-state index contributed by atoms with van der Waals surface area (Å²) in [5.41, 5.74) is 3.28. The second kappa shape index (κ2) is 10.8. The average Bonchev–Trinajstić information content (AvgIpc) is 2.75. The lowest BCUT2D eigenvalue weighted by molar-refractivity contribution is 0.100. The molecule has 1 fully saturated rings. The fourth-order valence-corrected chi connectivity index (χ4v) is 4.15. The van der Waals surface area contributed by atoms with Crippen molar-refractivity contribution in [1.29, 1.82) is 0 Å². The Balaban J connectivity index is 1.74. The monoisotopic (exact) mass is 414 g/mol. The third kappa shape index (κ3) is 5.99. The van der Waals surface area contributed by atoms with E-state index in [0.29, 0.717) is 6.42 Å². The highest BCUT2D eigenvalue weighted by atomic mass is 19.1. The second-order valence-electron chi connectivity index (χ2n) is 8.26. The molecule has 1 atom stereocenters. The van der Waals surface area contributed by atoms with Crippen molar-refractivity contribution in [3.05, 3.63) is 52.7 Å². The van der Waals surface area contributed by atoms with Crippen molar-refractivity contribution < 1.29 is 9.50 Å². The molecule has 1 N–H and O–H groups in total. The van der Waals surface area contributed by atoms with Crippen LogP contribution in [0.3, 0.4) is 0 Å². The van der Waals surface area contributed by atoms with Crippen molar-refractivity contribution in [2.24, 2.45) is 0 Å². The maximum absolute atomic E-state index is 13.3. The molecule has 0 bridgehead atoms. The predicted octanol–water partition coefficient (Wildman–Crippen LogP) is 3.75. The lowest BCUT2D eigenvalue weighted by Gasteiger charge is -2.37. The number of rotatable bonds is 9. The summed E-state index contributed by atoms with van der Waals surface area (Å²) in [6.45, 7) is 10.6. The van der Waals surface area contributed by atoms with E-state index in [1.54, 1.807) is 0 Å². The number of halogens is 1. The molecule has 0 saturated carbocycles. The van der Waals surface area contributed by atoms with Gasteiger partial charge in [0, 0.05) is 50.4 Å². The smallest absolute Gasteiger partial charge is 0.136 e. The van der Waals surface area contributed by atoms with Gasteiger partial charge in [0.1, 0.15) is 17.5 Å². The molecule has 5 nitrogen and oxygen atoms in total. The summed E-state index contributed by atoms with van der Waals surface area (Å²) in [4.78, 5) is 14.2. The summed E-state index contributed by atoms with van der Waals surface area (Å²) >= 11 is 0. The van der Waals surface area contributed by atoms with Crippen molar-refractivity contribution in [3.63, 3.8) is 0 Å². The van der Waals surface area contributed by atoms with Crippen LogP contribution >= 0.6 is 0 Å². The van der Waals surface area contributed by atoms with Gasteiger partial charge >= 0.3 is 0 Å². The molecular weight excluding hydrogens is 379 g/mol. The van der Waals surface area contributed by atoms with Crippen LogP contribution < -0.4 is 4.90 Å². The van der Waals surface area contributed by atoms with Gasteiger partial charge in [0.05, 0.1) is 6.10 Å². The van der Waals surface area contributed by atoms with Gasteiger partial charge < -0.3 is 10.0 Å². The zero-order valence-electron chi connectivity index (χ0n) is 18.6. The van der Waals surface area contributed by atoms with E-state index in [-0.39, 0.29) is 11.9 Å². The Morgan fingerprint density at radius 2 is 1.77 bits per heavy atom. The maximum Gasteiger partial charge on any atom is 0.136 e. The van der Waals surface area contributed by atoms with Gasteiger partial charge in [-0.1, -0.05) is 38.8 Å². The Labute approximate surface area is 180 Å². The number of aliphatic hydroxyl groups is 1. The number of nitrogens with zero attached hydrogens (tertiary/aromatic N) is 4. The Morgan fingerprint density at radius 3 is 2.40 bits per heavy atom. The van der Waals surface area contributed by atoms with Gasteiger partial charge in [-0.2, -0.15) is 0 Å². The zero-order valence-corrected chi connectivity index (χ0v) is 18.6. The van der Waals surface area contributed by atoms with E-state index >= 15 is 0 Å². The van der Waals surface area contributed by atoms with Crippen LogP contribution in [0.4, 0.5) is 10.2 Å². The minimum atomic E-state index is -0.237. The van der Waals surface area contributed by atoms with E-state index in [0.717, 1.165) is 86.9 Å². The lowest BCUT2D eigenvalue weighted by Crippen LogP contribution is -2.49. The van der Waals surface area contributed by atoms with Crippen molar-refractivity contribution >= 4 is 5.82 Å². The van der Waals surface area contributed by atoms with E-state index < -0.39 is 0 Å². The first-order chi connectivity index (χ1) is 14.5. The van der Waals surface area contributed by atoms with Gasteiger partial charge in [0.15, 0.2) is 0 Å².